The van der Waals surface area contributed by atoms with Crippen LogP contribution in [0.4, 0.5) is 0 Å². The standard InChI is InChI=1S/C16H29N3O2/c20-16(17-11-15-6-4-10-21-15)13-18-7-3-5-14(12-18)19-8-1-2-9-19/h14-15H,1-13H2,(H,17,20). The molecule has 0 radical (unpaired) electrons. The largest absolute Gasteiger partial charge is 0.376 e. The third-order valence-electron chi connectivity index (χ3n) is 5.06. The minimum absolute atomic E-state index is 0.160. The first-order chi connectivity index (χ1) is 10.3. The van der Waals surface area contributed by atoms with Gasteiger partial charge in [-0.2, -0.15) is 0 Å². The Bertz CT molecular complexity index is 338. The van der Waals surface area contributed by atoms with Crippen LogP contribution in [0.15, 0.2) is 0 Å². The van der Waals surface area contributed by atoms with Crippen molar-refractivity contribution in [1.82, 2.24) is 15.1 Å². The van der Waals surface area contributed by atoms with Gasteiger partial charge in [0.1, 0.15) is 0 Å². The summed E-state index contributed by atoms with van der Waals surface area (Å²) in [5.41, 5.74) is 0. The van der Waals surface area contributed by atoms with E-state index in [4.69, 9.17) is 4.74 Å². The topological polar surface area (TPSA) is 44.8 Å². The van der Waals surface area contributed by atoms with Crippen molar-refractivity contribution in [2.75, 3.05) is 45.9 Å². The minimum Gasteiger partial charge on any atom is -0.376 e. The number of nitrogens with one attached hydrogen (secondary N) is 1. The number of hydrogen-bond acceptors (Lipinski definition) is 4. The Balaban J connectivity index is 1.38. The Labute approximate surface area is 128 Å². The van der Waals surface area contributed by atoms with Gasteiger partial charge in [-0.3, -0.25) is 14.6 Å². The molecular weight excluding hydrogens is 266 g/mol. The van der Waals surface area contributed by atoms with Gasteiger partial charge in [0.25, 0.3) is 0 Å². The van der Waals surface area contributed by atoms with Crippen LogP contribution in [0.25, 0.3) is 0 Å². The molecule has 0 spiro atoms. The van der Waals surface area contributed by atoms with Crippen LogP contribution in [0.5, 0.6) is 0 Å². The summed E-state index contributed by atoms with van der Waals surface area (Å²) in [6.45, 7) is 6.72. The number of carbonyl (C=O) groups is 1. The van der Waals surface area contributed by atoms with Crippen LogP contribution in [-0.2, 0) is 9.53 Å². The van der Waals surface area contributed by atoms with Gasteiger partial charge in [-0.15, -0.1) is 0 Å². The van der Waals surface area contributed by atoms with Crippen LogP contribution in [0.1, 0.15) is 38.5 Å². The van der Waals surface area contributed by atoms with Crippen LogP contribution < -0.4 is 5.32 Å². The lowest BCUT2D eigenvalue weighted by Gasteiger charge is -2.37. The van der Waals surface area contributed by atoms with E-state index in [0.717, 1.165) is 32.5 Å². The Kier molecular flexibility index (Phi) is 5.49. The highest BCUT2D eigenvalue weighted by atomic mass is 16.5. The summed E-state index contributed by atoms with van der Waals surface area (Å²) in [7, 11) is 0. The fraction of sp³-hybridized carbons (Fsp3) is 0.938. The molecule has 2 unspecified atom stereocenters. The van der Waals surface area contributed by atoms with E-state index in [-0.39, 0.29) is 12.0 Å². The molecule has 1 N–H and O–H groups in total. The summed E-state index contributed by atoms with van der Waals surface area (Å²) in [4.78, 5) is 17.0. The lowest BCUT2D eigenvalue weighted by molar-refractivity contribution is -0.123. The zero-order valence-electron chi connectivity index (χ0n) is 13.1. The molecule has 3 fully saturated rings. The third kappa shape index (κ3) is 4.41. The molecule has 21 heavy (non-hydrogen) atoms. The molecule has 5 heteroatoms. The van der Waals surface area contributed by atoms with Gasteiger partial charge in [0.2, 0.25) is 5.91 Å². The van der Waals surface area contributed by atoms with E-state index in [9.17, 15) is 4.79 Å². The van der Waals surface area contributed by atoms with E-state index < -0.39 is 0 Å². The van der Waals surface area contributed by atoms with E-state index in [2.05, 4.69) is 15.1 Å². The Hall–Kier alpha value is -0.650. The molecule has 3 rings (SSSR count). The van der Waals surface area contributed by atoms with Crippen molar-refractivity contribution in [3.8, 4) is 0 Å². The second-order valence-corrected chi connectivity index (χ2v) is 6.71. The van der Waals surface area contributed by atoms with Gasteiger partial charge >= 0.3 is 0 Å². The number of carbonyl (C=O) groups excluding carboxylic acids is 1. The lowest BCUT2D eigenvalue weighted by atomic mass is 10.0. The SMILES string of the molecule is O=C(CN1CCCC(N2CCCC2)C1)NCC1CCCO1. The molecule has 0 aromatic heterocycles. The van der Waals surface area contributed by atoms with Crippen molar-refractivity contribution in [2.45, 2.75) is 50.7 Å². The van der Waals surface area contributed by atoms with Crippen LogP contribution in [0, 0.1) is 0 Å². The quantitative estimate of drug-likeness (QED) is 0.816. The lowest BCUT2D eigenvalue weighted by Crippen LogP contribution is -2.50. The molecule has 0 aromatic rings. The monoisotopic (exact) mass is 295 g/mol. The maximum atomic E-state index is 12.1. The molecular formula is C16H29N3O2. The Morgan fingerprint density at radius 3 is 2.71 bits per heavy atom. The number of ether oxygens (including phenoxy) is 1. The van der Waals surface area contributed by atoms with Gasteiger partial charge in [-0.25, -0.2) is 0 Å². The molecule has 2 atom stereocenters. The van der Waals surface area contributed by atoms with Gasteiger partial charge in [0.05, 0.1) is 12.6 Å². The van der Waals surface area contributed by atoms with Gasteiger partial charge in [-0.05, 0) is 58.2 Å². The Morgan fingerprint density at radius 1 is 1.10 bits per heavy atom. The summed E-state index contributed by atoms with van der Waals surface area (Å²) < 4.78 is 5.54. The maximum Gasteiger partial charge on any atom is 0.234 e. The number of piperidine rings is 1. The second kappa shape index (κ2) is 7.56. The molecule has 3 heterocycles. The first kappa shape index (κ1) is 15.3. The smallest absolute Gasteiger partial charge is 0.234 e. The molecule has 0 saturated carbocycles. The number of nitrogens with zero attached hydrogens (tertiary/aromatic N) is 2. The zero-order valence-corrected chi connectivity index (χ0v) is 13.1. The fourth-order valence-corrected chi connectivity index (χ4v) is 3.87. The predicted octanol–water partition coefficient (Wildman–Crippen LogP) is 0.842. The van der Waals surface area contributed by atoms with Gasteiger partial charge in [0.15, 0.2) is 0 Å². The molecule has 0 aliphatic carbocycles. The molecule has 1 amide bonds. The number of amides is 1. The molecule has 120 valence electrons. The summed E-state index contributed by atoms with van der Waals surface area (Å²) in [5, 5.41) is 3.04. The number of likely N-dealkylation sites (tertiary alicyclic amines) is 2. The van der Waals surface area contributed by atoms with E-state index in [1.807, 2.05) is 0 Å². The summed E-state index contributed by atoms with van der Waals surface area (Å²) >= 11 is 0. The highest BCUT2D eigenvalue weighted by Crippen LogP contribution is 2.20. The van der Waals surface area contributed by atoms with Crippen LogP contribution in [0.2, 0.25) is 0 Å². The van der Waals surface area contributed by atoms with Gasteiger partial charge in [-0.1, -0.05) is 0 Å². The number of rotatable bonds is 5. The van der Waals surface area contributed by atoms with Crippen molar-refractivity contribution in [1.29, 1.82) is 0 Å². The normalized spacial score (nSPS) is 31.6. The highest BCUT2D eigenvalue weighted by Gasteiger charge is 2.28. The summed E-state index contributed by atoms with van der Waals surface area (Å²) in [6.07, 6.45) is 7.67. The van der Waals surface area contributed by atoms with E-state index in [0.29, 0.717) is 19.1 Å². The minimum atomic E-state index is 0.160. The van der Waals surface area contributed by atoms with Crippen molar-refractivity contribution in [3.05, 3.63) is 0 Å². The average molecular weight is 295 g/mol. The molecule has 0 aromatic carbocycles. The van der Waals surface area contributed by atoms with Crippen molar-refractivity contribution in [2.24, 2.45) is 0 Å². The summed E-state index contributed by atoms with van der Waals surface area (Å²) in [5.74, 6) is 0.160. The van der Waals surface area contributed by atoms with Crippen LogP contribution in [0.3, 0.4) is 0 Å². The Morgan fingerprint density at radius 2 is 1.95 bits per heavy atom. The maximum absolute atomic E-state index is 12.1. The molecule has 3 saturated heterocycles. The molecule has 3 aliphatic rings. The average Bonchev–Trinajstić information content (AvgIpc) is 3.19. The van der Waals surface area contributed by atoms with Gasteiger partial charge in [0, 0.05) is 25.7 Å². The molecule has 5 nitrogen and oxygen atoms in total. The summed E-state index contributed by atoms with van der Waals surface area (Å²) in [6, 6.07) is 0.673. The van der Waals surface area contributed by atoms with Crippen molar-refractivity contribution >= 4 is 5.91 Å². The third-order valence-corrected chi connectivity index (χ3v) is 5.06. The first-order valence-electron chi connectivity index (χ1n) is 8.66. The van der Waals surface area contributed by atoms with Crippen molar-refractivity contribution in [3.63, 3.8) is 0 Å². The first-order valence-corrected chi connectivity index (χ1v) is 8.66. The van der Waals surface area contributed by atoms with Crippen molar-refractivity contribution < 1.29 is 9.53 Å². The van der Waals surface area contributed by atoms with E-state index in [1.54, 1.807) is 0 Å². The van der Waals surface area contributed by atoms with E-state index in [1.165, 1.54) is 38.8 Å². The molecule has 3 aliphatic heterocycles. The predicted molar refractivity (Wildman–Crippen MR) is 82.3 cm³/mol. The number of hydrogen-bond donors (Lipinski definition) is 1. The van der Waals surface area contributed by atoms with Gasteiger partial charge < -0.3 is 10.1 Å². The molecule has 0 bridgehead atoms. The van der Waals surface area contributed by atoms with Crippen LogP contribution >= 0.6 is 0 Å². The zero-order chi connectivity index (χ0) is 14.5. The van der Waals surface area contributed by atoms with E-state index >= 15 is 0 Å². The second-order valence-electron chi connectivity index (χ2n) is 6.71. The fourth-order valence-electron chi connectivity index (χ4n) is 3.87. The van der Waals surface area contributed by atoms with Crippen LogP contribution in [-0.4, -0.2) is 73.7 Å². The highest BCUT2D eigenvalue weighted by molar-refractivity contribution is 5.78.